The summed E-state index contributed by atoms with van der Waals surface area (Å²) in [7, 11) is 1.31. The molecule has 0 unspecified atom stereocenters. The summed E-state index contributed by atoms with van der Waals surface area (Å²) in [6.45, 7) is 1.58. The highest BCUT2D eigenvalue weighted by atomic mass is 32.2. The van der Waals surface area contributed by atoms with Crippen molar-refractivity contribution in [1.29, 1.82) is 0 Å². The Hall–Kier alpha value is -3.70. The van der Waals surface area contributed by atoms with Crippen molar-refractivity contribution >= 4 is 29.3 Å². The minimum atomic E-state index is -0.711. The summed E-state index contributed by atoms with van der Waals surface area (Å²) in [6, 6.07) is 13.0. The van der Waals surface area contributed by atoms with Gasteiger partial charge in [0.15, 0.2) is 0 Å². The third-order valence-corrected chi connectivity index (χ3v) is 6.13. The van der Waals surface area contributed by atoms with Crippen molar-refractivity contribution in [1.82, 2.24) is 20.2 Å². The molecule has 0 saturated heterocycles. The van der Waals surface area contributed by atoms with Crippen molar-refractivity contribution in [2.24, 2.45) is 0 Å². The lowest BCUT2D eigenvalue weighted by molar-refractivity contribution is -0.384. The number of imidazole rings is 1. The number of aromatic nitrogens is 2. The molecule has 3 rings (SSSR count). The van der Waals surface area contributed by atoms with Gasteiger partial charge in [-0.3, -0.25) is 19.8 Å². The molecule has 1 amide bonds. The van der Waals surface area contributed by atoms with E-state index in [2.05, 4.69) is 20.2 Å². The quantitative estimate of drug-likeness (QED) is 0.202. The number of nitro benzene ring substituents is 1. The van der Waals surface area contributed by atoms with Crippen LogP contribution in [-0.4, -0.2) is 56.8 Å². The fraction of sp³-hybridized carbons (Fsp3) is 0.320. The Bertz CT molecular complexity index is 1150. The molecule has 0 aliphatic heterocycles. The lowest BCUT2D eigenvalue weighted by Crippen LogP contribution is -2.42. The molecule has 0 radical (unpaired) electrons. The van der Waals surface area contributed by atoms with Gasteiger partial charge in [-0.15, -0.1) is 0 Å². The molecule has 190 valence electrons. The van der Waals surface area contributed by atoms with E-state index >= 15 is 0 Å². The van der Waals surface area contributed by atoms with Crippen LogP contribution < -0.4 is 5.32 Å². The molecule has 0 fully saturated rings. The number of hydrogen-bond donors (Lipinski definition) is 2. The molecule has 10 nitrogen and oxygen atoms in total. The zero-order valence-electron chi connectivity index (χ0n) is 20.2. The molecule has 11 heteroatoms. The van der Waals surface area contributed by atoms with Crippen LogP contribution in [0.25, 0.3) is 0 Å². The van der Waals surface area contributed by atoms with E-state index in [4.69, 9.17) is 4.74 Å². The summed E-state index contributed by atoms with van der Waals surface area (Å²) >= 11 is 1.59. The number of thioether (sulfide) groups is 1. The lowest BCUT2D eigenvalue weighted by Gasteiger charge is -2.22. The molecule has 36 heavy (non-hydrogen) atoms. The van der Waals surface area contributed by atoms with Gasteiger partial charge in [-0.05, 0) is 41.7 Å². The Morgan fingerprint density at radius 2 is 1.92 bits per heavy atom. The van der Waals surface area contributed by atoms with Crippen LogP contribution in [0, 0.1) is 10.1 Å². The van der Waals surface area contributed by atoms with Crippen LogP contribution in [0.1, 0.15) is 33.6 Å². The van der Waals surface area contributed by atoms with Crippen molar-refractivity contribution < 1.29 is 19.2 Å². The van der Waals surface area contributed by atoms with E-state index in [0.29, 0.717) is 37.4 Å². The van der Waals surface area contributed by atoms with Gasteiger partial charge in [0.1, 0.15) is 6.04 Å². The number of benzene rings is 2. The maximum atomic E-state index is 12.9. The van der Waals surface area contributed by atoms with Crippen LogP contribution in [0.5, 0.6) is 0 Å². The zero-order chi connectivity index (χ0) is 25.9. The predicted molar refractivity (Wildman–Crippen MR) is 137 cm³/mol. The number of esters is 1. The highest BCUT2D eigenvalue weighted by Gasteiger charge is 2.22. The number of carbonyl (C=O) groups is 2. The molecule has 1 aromatic heterocycles. The fourth-order valence-corrected chi connectivity index (χ4v) is 4.16. The van der Waals surface area contributed by atoms with Gasteiger partial charge in [0.2, 0.25) is 0 Å². The van der Waals surface area contributed by atoms with Crippen LogP contribution in [0.15, 0.2) is 61.1 Å². The van der Waals surface area contributed by atoms with Crippen LogP contribution in [0.3, 0.4) is 0 Å². The van der Waals surface area contributed by atoms with Gasteiger partial charge in [-0.25, -0.2) is 9.78 Å². The Morgan fingerprint density at radius 3 is 2.56 bits per heavy atom. The highest BCUT2D eigenvalue weighted by molar-refractivity contribution is 7.98. The number of amides is 1. The average Bonchev–Trinajstić information content (AvgIpc) is 3.39. The van der Waals surface area contributed by atoms with Crippen LogP contribution in [0.2, 0.25) is 0 Å². The second-order valence-electron chi connectivity index (χ2n) is 8.16. The summed E-state index contributed by atoms with van der Waals surface area (Å²) in [4.78, 5) is 44.9. The van der Waals surface area contributed by atoms with E-state index in [1.54, 1.807) is 48.4 Å². The third kappa shape index (κ3) is 7.92. The Kier molecular flexibility index (Phi) is 10.0. The van der Waals surface area contributed by atoms with E-state index in [1.807, 2.05) is 18.5 Å². The number of non-ortho nitro benzene ring substituents is 1. The molecule has 3 aromatic rings. The molecule has 1 heterocycles. The van der Waals surface area contributed by atoms with Gasteiger partial charge in [0, 0.05) is 43.5 Å². The number of nitrogens with zero attached hydrogens (tertiary/aromatic N) is 3. The SMILES string of the molecule is COC(=O)[C@H](CCSC)NC(=O)c1cccc(CN(Cc2ccc([N+](=O)[O-])cc2)Cc2c[nH]cn2)c1. The first-order valence-corrected chi connectivity index (χ1v) is 12.7. The van der Waals surface area contributed by atoms with Crippen LogP contribution >= 0.6 is 11.8 Å². The summed E-state index contributed by atoms with van der Waals surface area (Å²) in [6.07, 6.45) is 5.84. The summed E-state index contributed by atoms with van der Waals surface area (Å²) < 4.78 is 4.83. The van der Waals surface area contributed by atoms with Gasteiger partial charge in [0.25, 0.3) is 11.6 Å². The molecule has 0 bridgehead atoms. The largest absolute Gasteiger partial charge is 0.467 e. The molecule has 2 N–H and O–H groups in total. The number of H-pyrrole nitrogens is 1. The van der Waals surface area contributed by atoms with Crippen molar-refractivity contribution in [3.63, 3.8) is 0 Å². The van der Waals surface area contributed by atoms with E-state index in [0.717, 1.165) is 16.8 Å². The molecule has 2 aromatic carbocycles. The minimum Gasteiger partial charge on any atom is -0.467 e. The number of carbonyl (C=O) groups excluding carboxylic acids is 2. The Balaban J connectivity index is 1.74. The van der Waals surface area contributed by atoms with Gasteiger partial charge in [-0.2, -0.15) is 11.8 Å². The van der Waals surface area contributed by atoms with E-state index in [-0.39, 0.29) is 11.6 Å². The summed E-state index contributed by atoms with van der Waals surface area (Å²) in [5, 5.41) is 13.8. The first kappa shape index (κ1) is 26.9. The van der Waals surface area contributed by atoms with E-state index < -0.39 is 16.9 Å². The van der Waals surface area contributed by atoms with Crippen molar-refractivity contribution in [3.8, 4) is 0 Å². The minimum absolute atomic E-state index is 0.0408. The van der Waals surface area contributed by atoms with Gasteiger partial charge < -0.3 is 15.0 Å². The fourth-order valence-electron chi connectivity index (χ4n) is 3.69. The molecular weight excluding hydrogens is 482 g/mol. The number of aromatic amines is 1. The second kappa shape index (κ2) is 13.4. The normalized spacial score (nSPS) is 11.8. The van der Waals surface area contributed by atoms with Gasteiger partial charge in [0.05, 0.1) is 24.1 Å². The Labute approximate surface area is 213 Å². The van der Waals surface area contributed by atoms with Crippen LogP contribution in [-0.2, 0) is 29.2 Å². The first-order valence-electron chi connectivity index (χ1n) is 11.3. The molecule has 0 saturated carbocycles. The second-order valence-corrected chi connectivity index (χ2v) is 9.15. The number of rotatable bonds is 13. The number of methoxy groups -OCH3 is 1. The van der Waals surface area contributed by atoms with Gasteiger partial charge >= 0.3 is 5.97 Å². The Morgan fingerprint density at radius 1 is 1.17 bits per heavy atom. The topological polar surface area (TPSA) is 130 Å². The highest BCUT2D eigenvalue weighted by Crippen LogP contribution is 2.17. The maximum Gasteiger partial charge on any atom is 0.328 e. The standard InChI is InChI=1S/C25H29N5O5S/c1-35-25(32)23(10-11-36-2)28-24(31)20-5-3-4-19(12-20)15-29(16-21-13-26-17-27-21)14-18-6-8-22(9-7-18)30(33)34/h3-9,12-13,17,23H,10-11,14-16H2,1-2H3,(H,26,27)(H,28,31)/t23-/m0/s1. The summed E-state index contributed by atoms with van der Waals surface area (Å²) in [5.74, 6) is -0.102. The third-order valence-electron chi connectivity index (χ3n) is 5.49. The zero-order valence-corrected chi connectivity index (χ0v) is 21.0. The van der Waals surface area contributed by atoms with Crippen molar-refractivity contribution in [3.05, 3.63) is 93.6 Å². The number of nitro groups is 1. The van der Waals surface area contributed by atoms with Crippen molar-refractivity contribution in [2.75, 3.05) is 19.1 Å². The molecule has 0 aliphatic carbocycles. The average molecular weight is 512 g/mol. The molecule has 0 spiro atoms. The smallest absolute Gasteiger partial charge is 0.328 e. The molecule has 1 atom stereocenters. The maximum absolute atomic E-state index is 12.9. The molecule has 0 aliphatic rings. The molecular formula is C25H29N5O5S. The number of nitrogens with one attached hydrogen (secondary N) is 2. The summed E-state index contributed by atoms with van der Waals surface area (Å²) in [5.41, 5.74) is 3.15. The van der Waals surface area contributed by atoms with Gasteiger partial charge in [-0.1, -0.05) is 24.3 Å². The monoisotopic (exact) mass is 511 g/mol. The van der Waals surface area contributed by atoms with E-state index in [1.165, 1.54) is 19.2 Å². The number of ether oxygens (including phenoxy) is 1. The van der Waals surface area contributed by atoms with E-state index in [9.17, 15) is 19.7 Å². The first-order chi connectivity index (χ1) is 17.4. The predicted octanol–water partition coefficient (Wildman–Crippen LogP) is 3.54. The van der Waals surface area contributed by atoms with Crippen molar-refractivity contribution in [2.45, 2.75) is 32.1 Å². The lowest BCUT2D eigenvalue weighted by atomic mass is 10.1. The number of hydrogen-bond acceptors (Lipinski definition) is 8. The van der Waals surface area contributed by atoms with Crippen LogP contribution in [0.4, 0.5) is 5.69 Å².